The van der Waals surface area contributed by atoms with E-state index < -0.39 is 5.97 Å². The Bertz CT molecular complexity index is 652. The summed E-state index contributed by atoms with van der Waals surface area (Å²) in [5.74, 6) is 0.279. The summed E-state index contributed by atoms with van der Waals surface area (Å²) in [5.41, 5.74) is 0.738. The summed E-state index contributed by atoms with van der Waals surface area (Å²) in [6.45, 7) is 1.75. The third-order valence-corrected chi connectivity index (χ3v) is 3.26. The lowest BCUT2D eigenvalue weighted by molar-refractivity contribution is -0.131. The van der Waals surface area contributed by atoms with Crippen LogP contribution in [0.15, 0.2) is 34.3 Å². The number of aryl methyl sites for hydroxylation is 1. The molecule has 0 amide bonds. The molecule has 0 spiro atoms. The van der Waals surface area contributed by atoms with E-state index in [1.165, 1.54) is 0 Å². The van der Waals surface area contributed by atoms with E-state index in [9.17, 15) is 9.90 Å². The molecule has 1 aromatic carbocycles. The van der Waals surface area contributed by atoms with Crippen LogP contribution in [-0.2, 0) is 4.79 Å². The second-order valence-corrected chi connectivity index (χ2v) is 4.90. The van der Waals surface area contributed by atoms with Crippen molar-refractivity contribution < 1.29 is 14.6 Å². The lowest BCUT2D eigenvalue weighted by atomic mass is 10.2. The maximum absolute atomic E-state index is 11.3. The van der Waals surface area contributed by atoms with E-state index in [0.29, 0.717) is 16.7 Å². The molecule has 0 saturated heterocycles. The largest absolute Gasteiger partial charge is 0.497 e. The first-order valence-corrected chi connectivity index (χ1v) is 6.56. The molecular formula is C13H13N3O3S. The number of hydrogen-bond donors (Lipinski definition) is 2. The number of aromatic nitrogens is 3. The van der Waals surface area contributed by atoms with E-state index in [4.69, 9.17) is 4.74 Å². The van der Waals surface area contributed by atoms with Crippen molar-refractivity contribution >= 4 is 23.8 Å². The van der Waals surface area contributed by atoms with Crippen molar-refractivity contribution in [3.8, 4) is 5.75 Å². The Labute approximate surface area is 119 Å². The van der Waals surface area contributed by atoms with Gasteiger partial charge in [-0.05, 0) is 42.5 Å². The molecule has 0 radical (unpaired) electrons. The summed E-state index contributed by atoms with van der Waals surface area (Å²) in [5, 5.41) is 16.2. The quantitative estimate of drug-likeness (QED) is 0.649. The highest BCUT2D eigenvalue weighted by atomic mass is 32.2. The Hall–Kier alpha value is -2.28. The van der Waals surface area contributed by atoms with Crippen LogP contribution in [0, 0.1) is 6.92 Å². The number of nitrogens with zero attached hydrogens (tertiary/aromatic N) is 2. The minimum atomic E-state index is -1.03. The number of aliphatic carboxylic acids is 1. The van der Waals surface area contributed by atoms with Crippen LogP contribution < -0.4 is 4.74 Å². The van der Waals surface area contributed by atoms with Crippen molar-refractivity contribution in [1.82, 2.24) is 15.2 Å². The molecule has 0 fully saturated rings. The van der Waals surface area contributed by atoms with Crippen LogP contribution in [0.3, 0.4) is 0 Å². The number of H-pyrrole nitrogens is 1. The molecule has 7 heteroatoms. The molecule has 1 heterocycles. The summed E-state index contributed by atoms with van der Waals surface area (Å²) in [7, 11) is 1.56. The third-order valence-electron chi connectivity index (χ3n) is 2.38. The minimum Gasteiger partial charge on any atom is -0.497 e. The average Bonchev–Trinajstić information content (AvgIpc) is 2.83. The standard InChI is InChI=1S/C13H13N3O3S/c1-8-14-13(16-15-8)20-11(12(17)18)7-9-4-3-5-10(6-9)19-2/h3-7H,1-2H3,(H,17,18)(H,14,15,16)/b11-7-. The fourth-order valence-electron chi connectivity index (χ4n) is 1.48. The number of hydrogen-bond acceptors (Lipinski definition) is 5. The number of rotatable bonds is 5. The molecule has 0 bridgehead atoms. The van der Waals surface area contributed by atoms with Gasteiger partial charge in [-0.15, -0.1) is 5.10 Å². The van der Waals surface area contributed by atoms with E-state index in [-0.39, 0.29) is 4.91 Å². The van der Waals surface area contributed by atoms with Gasteiger partial charge in [-0.25, -0.2) is 9.78 Å². The molecule has 0 unspecified atom stereocenters. The Kier molecular flexibility index (Phi) is 4.41. The van der Waals surface area contributed by atoms with E-state index in [2.05, 4.69) is 15.2 Å². The molecule has 0 aliphatic carbocycles. The van der Waals surface area contributed by atoms with Crippen LogP contribution in [0.4, 0.5) is 0 Å². The van der Waals surface area contributed by atoms with Gasteiger partial charge < -0.3 is 9.84 Å². The lowest BCUT2D eigenvalue weighted by Crippen LogP contribution is -1.97. The number of ether oxygens (including phenoxy) is 1. The predicted molar refractivity (Wildman–Crippen MR) is 75.6 cm³/mol. The molecule has 2 aromatic rings. The molecule has 1 aromatic heterocycles. The first kappa shape index (κ1) is 14.1. The molecule has 0 aliphatic rings. The van der Waals surface area contributed by atoms with Gasteiger partial charge in [0.1, 0.15) is 16.5 Å². The van der Waals surface area contributed by atoms with Gasteiger partial charge in [0.15, 0.2) is 0 Å². The van der Waals surface area contributed by atoms with Gasteiger partial charge in [0.25, 0.3) is 0 Å². The van der Waals surface area contributed by atoms with Gasteiger partial charge in [-0.1, -0.05) is 12.1 Å². The number of carboxylic acids is 1. The summed E-state index contributed by atoms with van der Waals surface area (Å²) in [6, 6.07) is 7.15. The Balaban J connectivity index is 2.27. The van der Waals surface area contributed by atoms with E-state index >= 15 is 0 Å². The molecule has 2 N–H and O–H groups in total. The highest BCUT2D eigenvalue weighted by Gasteiger charge is 2.13. The highest BCUT2D eigenvalue weighted by molar-refractivity contribution is 8.04. The van der Waals surface area contributed by atoms with Gasteiger partial charge >= 0.3 is 5.97 Å². The Morgan fingerprint density at radius 3 is 2.90 bits per heavy atom. The summed E-state index contributed by atoms with van der Waals surface area (Å²) >= 11 is 0.993. The number of nitrogens with one attached hydrogen (secondary N) is 1. The molecule has 0 aliphatic heterocycles. The first-order valence-electron chi connectivity index (χ1n) is 5.74. The van der Waals surface area contributed by atoms with Crippen LogP contribution >= 0.6 is 11.8 Å². The normalized spacial score (nSPS) is 11.4. The molecule has 20 heavy (non-hydrogen) atoms. The van der Waals surface area contributed by atoms with Crippen molar-refractivity contribution in [3.63, 3.8) is 0 Å². The Morgan fingerprint density at radius 1 is 1.50 bits per heavy atom. The van der Waals surface area contributed by atoms with Crippen molar-refractivity contribution in [2.75, 3.05) is 7.11 Å². The van der Waals surface area contributed by atoms with Crippen LogP contribution in [0.2, 0.25) is 0 Å². The zero-order valence-corrected chi connectivity index (χ0v) is 11.8. The maximum atomic E-state index is 11.3. The monoisotopic (exact) mass is 291 g/mol. The van der Waals surface area contributed by atoms with Gasteiger partial charge in [-0.3, -0.25) is 5.10 Å². The molecule has 0 saturated carbocycles. The highest BCUT2D eigenvalue weighted by Crippen LogP contribution is 2.26. The first-order chi connectivity index (χ1) is 9.58. The van der Waals surface area contributed by atoms with Gasteiger partial charge in [-0.2, -0.15) is 0 Å². The van der Waals surface area contributed by atoms with Crippen LogP contribution in [0.5, 0.6) is 5.75 Å². The summed E-state index contributed by atoms with van der Waals surface area (Å²) in [6.07, 6.45) is 1.56. The maximum Gasteiger partial charge on any atom is 0.342 e. The van der Waals surface area contributed by atoms with E-state index in [1.54, 1.807) is 44.4 Å². The number of thioether (sulfide) groups is 1. The second kappa shape index (κ2) is 6.25. The van der Waals surface area contributed by atoms with E-state index in [0.717, 1.165) is 17.3 Å². The lowest BCUT2D eigenvalue weighted by Gasteiger charge is -2.02. The van der Waals surface area contributed by atoms with Gasteiger partial charge in [0, 0.05) is 0 Å². The molecule has 104 valence electrons. The van der Waals surface area contributed by atoms with Crippen molar-refractivity contribution in [2.45, 2.75) is 12.1 Å². The van der Waals surface area contributed by atoms with Crippen molar-refractivity contribution in [1.29, 1.82) is 0 Å². The van der Waals surface area contributed by atoms with Crippen LogP contribution in [0.25, 0.3) is 6.08 Å². The zero-order chi connectivity index (χ0) is 14.5. The van der Waals surface area contributed by atoms with Gasteiger partial charge in [0.05, 0.1) is 7.11 Å². The molecular weight excluding hydrogens is 278 g/mol. The fourth-order valence-corrected chi connectivity index (χ4v) is 2.24. The number of carbonyl (C=O) groups is 1. The van der Waals surface area contributed by atoms with E-state index in [1.807, 2.05) is 0 Å². The topological polar surface area (TPSA) is 88.1 Å². The van der Waals surface area contributed by atoms with Crippen molar-refractivity contribution in [3.05, 3.63) is 40.6 Å². The smallest absolute Gasteiger partial charge is 0.342 e. The number of methoxy groups -OCH3 is 1. The third kappa shape index (κ3) is 3.61. The summed E-state index contributed by atoms with van der Waals surface area (Å²) < 4.78 is 5.11. The number of benzene rings is 1. The number of aromatic amines is 1. The zero-order valence-electron chi connectivity index (χ0n) is 11.0. The number of carboxylic acid groups (broad SMARTS) is 1. The average molecular weight is 291 g/mol. The van der Waals surface area contributed by atoms with Crippen molar-refractivity contribution in [2.24, 2.45) is 0 Å². The van der Waals surface area contributed by atoms with Crippen LogP contribution in [0.1, 0.15) is 11.4 Å². The fraction of sp³-hybridized carbons (Fsp3) is 0.154. The molecule has 2 rings (SSSR count). The predicted octanol–water partition coefficient (Wildman–Crippen LogP) is 2.34. The van der Waals surface area contributed by atoms with Crippen LogP contribution in [-0.4, -0.2) is 33.4 Å². The Morgan fingerprint density at radius 2 is 2.30 bits per heavy atom. The molecule has 0 atom stereocenters. The minimum absolute atomic E-state index is 0.136. The van der Waals surface area contributed by atoms with Gasteiger partial charge in [0.2, 0.25) is 5.16 Å². The molecule has 6 nitrogen and oxygen atoms in total. The summed E-state index contributed by atoms with van der Waals surface area (Å²) in [4.78, 5) is 15.5. The SMILES string of the molecule is COc1cccc(/C=C(\Sc2n[nH]c(C)n2)C(=O)O)c1. The second-order valence-electron chi connectivity index (χ2n) is 3.90.